The topological polar surface area (TPSA) is 123 Å². The largest absolute Gasteiger partial charge is 0.434 e. The maximum Gasteiger partial charge on any atom is 0.434 e. The highest BCUT2D eigenvalue weighted by Crippen LogP contribution is 2.48. The standard InChI is InChI=1S/C21H18F3N7O3/c1-10(32)19-12-2-3-25-6-15(12)30(29-19)9-18(33)31-13-4-11(13)5-14(31)20(34)28-17-8-26-7-16(27-17)21(22,23)24/h2-3,6-8,11,13-14H,4-5,9H2,1H3,(H,27,28,34)/t11-,13-,14+/m1/s1. The van der Waals surface area contributed by atoms with Gasteiger partial charge in [0.25, 0.3) is 0 Å². The molecular weight excluding hydrogens is 455 g/mol. The van der Waals surface area contributed by atoms with Crippen molar-refractivity contribution in [1.29, 1.82) is 0 Å². The summed E-state index contributed by atoms with van der Waals surface area (Å²) in [5.41, 5.74) is -0.505. The van der Waals surface area contributed by atoms with Crippen molar-refractivity contribution in [1.82, 2.24) is 29.6 Å². The van der Waals surface area contributed by atoms with Crippen molar-refractivity contribution in [2.24, 2.45) is 5.92 Å². The number of carbonyl (C=O) groups is 3. The van der Waals surface area contributed by atoms with Crippen LogP contribution in [-0.2, 0) is 22.3 Å². The molecular formula is C21H18F3N7O3. The molecule has 1 N–H and O–H groups in total. The molecule has 2 fully saturated rings. The van der Waals surface area contributed by atoms with Gasteiger partial charge in [0.2, 0.25) is 11.8 Å². The molecule has 0 bridgehead atoms. The Bertz CT molecular complexity index is 1320. The first-order valence-corrected chi connectivity index (χ1v) is 10.5. The molecule has 176 valence electrons. The highest BCUT2D eigenvalue weighted by atomic mass is 19.4. The van der Waals surface area contributed by atoms with Crippen molar-refractivity contribution in [3.8, 4) is 0 Å². The highest BCUT2D eigenvalue weighted by molar-refractivity contribution is 6.05. The van der Waals surface area contributed by atoms with Gasteiger partial charge in [-0.3, -0.25) is 29.0 Å². The van der Waals surface area contributed by atoms with Crippen LogP contribution in [0.3, 0.4) is 0 Å². The number of amides is 2. The second-order valence-corrected chi connectivity index (χ2v) is 8.35. The molecule has 1 saturated heterocycles. The van der Waals surface area contributed by atoms with Gasteiger partial charge in [0.05, 0.1) is 24.1 Å². The molecule has 0 aromatic carbocycles. The first-order chi connectivity index (χ1) is 16.1. The molecule has 5 rings (SSSR count). The van der Waals surface area contributed by atoms with Crippen LogP contribution < -0.4 is 5.32 Å². The van der Waals surface area contributed by atoms with E-state index >= 15 is 0 Å². The lowest BCUT2D eigenvalue weighted by Gasteiger charge is -2.26. The van der Waals surface area contributed by atoms with Crippen LogP contribution in [0.25, 0.3) is 10.9 Å². The first-order valence-electron chi connectivity index (χ1n) is 10.5. The Labute approximate surface area is 190 Å². The summed E-state index contributed by atoms with van der Waals surface area (Å²) in [7, 11) is 0. The Kier molecular flexibility index (Phi) is 5.06. The summed E-state index contributed by atoms with van der Waals surface area (Å²) >= 11 is 0. The number of alkyl halides is 3. The first kappa shape index (κ1) is 21.9. The van der Waals surface area contributed by atoms with E-state index in [9.17, 15) is 27.6 Å². The summed E-state index contributed by atoms with van der Waals surface area (Å²) in [6, 6.07) is 0.655. The number of hydrogen-bond donors (Lipinski definition) is 1. The van der Waals surface area contributed by atoms with Crippen LogP contribution in [-0.4, -0.2) is 59.3 Å². The van der Waals surface area contributed by atoms with Crippen LogP contribution >= 0.6 is 0 Å². The second kappa shape index (κ2) is 7.85. The Balaban J connectivity index is 1.36. The van der Waals surface area contributed by atoms with E-state index in [0.29, 0.717) is 23.5 Å². The fourth-order valence-corrected chi connectivity index (χ4v) is 4.43. The number of anilines is 1. The van der Waals surface area contributed by atoms with Gasteiger partial charge >= 0.3 is 6.18 Å². The van der Waals surface area contributed by atoms with Gasteiger partial charge in [-0.05, 0) is 24.8 Å². The molecule has 1 aliphatic heterocycles. The van der Waals surface area contributed by atoms with Gasteiger partial charge in [0.1, 0.15) is 18.3 Å². The molecule has 0 radical (unpaired) electrons. The zero-order chi connectivity index (χ0) is 24.2. The van der Waals surface area contributed by atoms with E-state index in [1.165, 1.54) is 28.9 Å². The third kappa shape index (κ3) is 3.86. The Morgan fingerprint density at radius 1 is 1.15 bits per heavy atom. The lowest BCUT2D eigenvalue weighted by Crippen LogP contribution is -2.46. The van der Waals surface area contributed by atoms with Gasteiger partial charge in [-0.1, -0.05) is 0 Å². The van der Waals surface area contributed by atoms with Crippen molar-refractivity contribution >= 4 is 34.3 Å². The van der Waals surface area contributed by atoms with E-state index < -0.39 is 23.8 Å². The van der Waals surface area contributed by atoms with Crippen LogP contribution in [0.4, 0.5) is 19.0 Å². The van der Waals surface area contributed by atoms with Crippen LogP contribution in [0.1, 0.15) is 35.9 Å². The average molecular weight is 473 g/mol. The Morgan fingerprint density at radius 3 is 2.68 bits per heavy atom. The third-order valence-corrected chi connectivity index (χ3v) is 6.04. The maximum atomic E-state index is 13.2. The number of nitrogens with zero attached hydrogens (tertiary/aromatic N) is 6. The fourth-order valence-electron chi connectivity index (χ4n) is 4.43. The van der Waals surface area contributed by atoms with Gasteiger partial charge in [0, 0.05) is 24.5 Å². The smallest absolute Gasteiger partial charge is 0.326 e. The summed E-state index contributed by atoms with van der Waals surface area (Å²) in [5, 5.41) is 7.18. The van der Waals surface area contributed by atoms with E-state index in [4.69, 9.17) is 0 Å². The quantitative estimate of drug-likeness (QED) is 0.563. The molecule has 1 aliphatic carbocycles. The summed E-state index contributed by atoms with van der Waals surface area (Å²) in [6.07, 6.45) is 1.05. The summed E-state index contributed by atoms with van der Waals surface area (Å²) in [5.74, 6) is -1.47. The van der Waals surface area contributed by atoms with E-state index in [-0.39, 0.29) is 41.7 Å². The zero-order valence-corrected chi connectivity index (χ0v) is 17.8. The number of carbonyl (C=O) groups excluding carboxylic acids is 3. The molecule has 34 heavy (non-hydrogen) atoms. The van der Waals surface area contributed by atoms with Crippen LogP contribution in [0.5, 0.6) is 0 Å². The second-order valence-electron chi connectivity index (χ2n) is 8.35. The minimum atomic E-state index is -4.70. The number of Topliss-reactive ketones (excluding diaryl/α,β-unsaturated/α-hetero) is 1. The maximum absolute atomic E-state index is 13.2. The summed E-state index contributed by atoms with van der Waals surface area (Å²) < 4.78 is 40.1. The van der Waals surface area contributed by atoms with Gasteiger partial charge in [-0.2, -0.15) is 18.3 Å². The SMILES string of the molecule is CC(=O)c1nn(CC(=O)N2[C@@H]3C[C@@H]3C[C@H]2C(=O)Nc2cncc(C(F)(F)F)n2)c2cnccc12. The van der Waals surface area contributed by atoms with Crippen LogP contribution in [0, 0.1) is 5.92 Å². The molecule has 0 spiro atoms. The number of aromatic nitrogens is 5. The predicted octanol–water partition coefficient (Wildman–Crippen LogP) is 2.07. The number of hydrogen-bond acceptors (Lipinski definition) is 7. The molecule has 3 aromatic rings. The summed E-state index contributed by atoms with van der Waals surface area (Å²) in [6.45, 7) is 1.16. The summed E-state index contributed by atoms with van der Waals surface area (Å²) in [4.78, 5) is 50.4. The average Bonchev–Trinajstić information content (AvgIpc) is 3.29. The van der Waals surface area contributed by atoms with Gasteiger partial charge in [-0.25, -0.2) is 4.98 Å². The van der Waals surface area contributed by atoms with E-state index in [1.54, 1.807) is 6.07 Å². The lowest BCUT2D eigenvalue weighted by atomic mass is 10.1. The Morgan fingerprint density at radius 2 is 1.94 bits per heavy atom. The molecule has 2 aliphatic rings. The molecule has 0 unspecified atom stereocenters. The molecule has 3 aromatic heterocycles. The van der Waals surface area contributed by atoms with Crippen LogP contribution in [0.2, 0.25) is 0 Å². The fraction of sp³-hybridized carbons (Fsp3) is 0.381. The van der Waals surface area contributed by atoms with E-state index in [1.807, 2.05) is 0 Å². The highest BCUT2D eigenvalue weighted by Gasteiger charge is 2.56. The number of fused-ring (bicyclic) bond motifs is 2. The molecule has 2 amide bonds. The molecule has 1 saturated carbocycles. The normalized spacial score (nSPS) is 21.4. The number of nitrogens with one attached hydrogen (secondary N) is 1. The van der Waals surface area contributed by atoms with Crippen molar-refractivity contribution in [2.75, 3.05) is 5.32 Å². The van der Waals surface area contributed by atoms with Gasteiger partial charge in [0.15, 0.2) is 17.3 Å². The van der Waals surface area contributed by atoms with Gasteiger partial charge in [-0.15, -0.1) is 0 Å². The molecule has 3 atom stereocenters. The van der Waals surface area contributed by atoms with Crippen molar-refractivity contribution in [3.63, 3.8) is 0 Å². The monoisotopic (exact) mass is 473 g/mol. The van der Waals surface area contributed by atoms with E-state index in [0.717, 1.165) is 12.6 Å². The number of halogens is 3. The molecule has 10 nitrogen and oxygen atoms in total. The van der Waals surface area contributed by atoms with Gasteiger partial charge < -0.3 is 10.2 Å². The van der Waals surface area contributed by atoms with Crippen molar-refractivity contribution in [2.45, 2.75) is 44.6 Å². The predicted molar refractivity (Wildman–Crippen MR) is 110 cm³/mol. The molecule has 13 heteroatoms. The minimum Gasteiger partial charge on any atom is -0.326 e. The minimum absolute atomic E-state index is 0.122. The van der Waals surface area contributed by atoms with E-state index in [2.05, 4.69) is 25.4 Å². The van der Waals surface area contributed by atoms with Crippen molar-refractivity contribution < 1.29 is 27.6 Å². The number of pyridine rings is 1. The lowest BCUT2D eigenvalue weighted by molar-refractivity contribution is -0.141. The Hall–Kier alpha value is -3.90. The number of piperidine rings is 1. The zero-order valence-electron chi connectivity index (χ0n) is 17.8. The number of ketones is 1. The third-order valence-electron chi connectivity index (χ3n) is 6.04. The van der Waals surface area contributed by atoms with Crippen molar-refractivity contribution in [3.05, 3.63) is 42.2 Å². The van der Waals surface area contributed by atoms with Crippen LogP contribution in [0.15, 0.2) is 30.9 Å². The number of likely N-dealkylation sites (tertiary alicyclic amines) is 1. The number of rotatable bonds is 5. The molecule has 4 heterocycles.